The molecule has 2 rings (SSSR count). The number of benzene rings is 1. The number of amides is 1. The Morgan fingerprint density at radius 1 is 1.42 bits per heavy atom. The van der Waals surface area contributed by atoms with Crippen LogP contribution in [0, 0.1) is 0 Å². The van der Waals surface area contributed by atoms with Gasteiger partial charge in [0.25, 0.3) is 5.91 Å². The summed E-state index contributed by atoms with van der Waals surface area (Å²) in [5.41, 5.74) is 0.621. The van der Waals surface area contributed by atoms with Crippen molar-refractivity contribution >= 4 is 44.8 Å². The van der Waals surface area contributed by atoms with Gasteiger partial charge >= 0.3 is 0 Å². The molecule has 0 saturated heterocycles. The van der Waals surface area contributed by atoms with Crippen LogP contribution < -0.4 is 0 Å². The lowest BCUT2D eigenvalue weighted by molar-refractivity contribution is 0.0744. The first-order valence-corrected chi connectivity index (χ1v) is 7.81. The van der Waals surface area contributed by atoms with E-state index in [2.05, 4.69) is 15.9 Å². The summed E-state index contributed by atoms with van der Waals surface area (Å²) < 4.78 is 0.718. The molecule has 19 heavy (non-hydrogen) atoms. The second-order valence-corrected chi connectivity index (χ2v) is 6.50. The van der Waals surface area contributed by atoms with Gasteiger partial charge in [0.15, 0.2) is 0 Å². The smallest absolute Gasteiger partial charge is 0.255 e. The molecule has 0 saturated carbocycles. The zero-order chi connectivity index (χ0) is 14.0. The van der Waals surface area contributed by atoms with E-state index in [-0.39, 0.29) is 11.9 Å². The van der Waals surface area contributed by atoms with E-state index in [0.717, 1.165) is 4.47 Å². The minimum atomic E-state index is -0.0237. The summed E-state index contributed by atoms with van der Waals surface area (Å²) in [4.78, 5) is 15.4. The predicted octanol–water partition coefficient (Wildman–Crippen LogP) is 5.00. The average molecular weight is 359 g/mol. The Morgan fingerprint density at radius 3 is 2.74 bits per heavy atom. The van der Waals surface area contributed by atoms with Crippen molar-refractivity contribution in [3.05, 3.63) is 55.6 Å². The summed E-state index contributed by atoms with van der Waals surface area (Å²) in [5, 5.41) is 2.62. The molecule has 0 bridgehead atoms. The van der Waals surface area contributed by atoms with Crippen LogP contribution in [-0.4, -0.2) is 17.9 Å². The van der Waals surface area contributed by atoms with Gasteiger partial charge in [-0.1, -0.05) is 17.7 Å². The van der Waals surface area contributed by atoms with E-state index in [4.69, 9.17) is 11.6 Å². The third-order valence-corrected chi connectivity index (χ3v) is 4.95. The number of hydrogen-bond donors (Lipinski definition) is 0. The molecule has 1 unspecified atom stereocenters. The van der Waals surface area contributed by atoms with E-state index < -0.39 is 0 Å². The lowest BCUT2D eigenvalue weighted by Crippen LogP contribution is -2.29. The van der Waals surface area contributed by atoms with Crippen LogP contribution in [-0.2, 0) is 0 Å². The topological polar surface area (TPSA) is 20.3 Å². The molecule has 1 aromatic carbocycles. The van der Waals surface area contributed by atoms with Crippen LogP contribution >= 0.6 is 38.9 Å². The number of carbonyl (C=O) groups is 1. The van der Waals surface area contributed by atoms with Gasteiger partial charge in [-0.25, -0.2) is 0 Å². The van der Waals surface area contributed by atoms with Crippen molar-refractivity contribution in [3.8, 4) is 0 Å². The molecule has 0 N–H and O–H groups in total. The Balaban J connectivity index is 2.24. The van der Waals surface area contributed by atoms with Gasteiger partial charge in [0.2, 0.25) is 0 Å². The molecular weight excluding hydrogens is 346 g/mol. The van der Waals surface area contributed by atoms with Crippen molar-refractivity contribution in [3.63, 3.8) is 0 Å². The highest BCUT2D eigenvalue weighted by molar-refractivity contribution is 9.10. The van der Waals surface area contributed by atoms with Gasteiger partial charge in [0.05, 0.1) is 11.6 Å². The highest BCUT2D eigenvalue weighted by Gasteiger charge is 2.21. The molecule has 2 aromatic rings. The largest absolute Gasteiger partial charge is 0.334 e. The summed E-state index contributed by atoms with van der Waals surface area (Å²) in [6, 6.07) is 9.28. The Bertz CT molecular complexity index is 585. The second-order valence-electron chi connectivity index (χ2n) is 4.23. The molecule has 0 spiro atoms. The Hall–Kier alpha value is -0.840. The van der Waals surface area contributed by atoms with Gasteiger partial charge in [0.1, 0.15) is 0 Å². The monoisotopic (exact) mass is 357 g/mol. The van der Waals surface area contributed by atoms with Crippen molar-refractivity contribution in [1.29, 1.82) is 0 Å². The first kappa shape index (κ1) is 14.6. The lowest BCUT2D eigenvalue weighted by Gasteiger charge is -2.24. The molecule has 0 aliphatic carbocycles. The van der Waals surface area contributed by atoms with Crippen molar-refractivity contribution in [1.82, 2.24) is 4.90 Å². The number of hydrogen-bond acceptors (Lipinski definition) is 2. The molecule has 1 heterocycles. The maximum absolute atomic E-state index is 12.5. The highest BCUT2D eigenvalue weighted by atomic mass is 79.9. The highest BCUT2D eigenvalue weighted by Crippen LogP contribution is 2.28. The lowest BCUT2D eigenvalue weighted by atomic mass is 10.1. The molecule has 1 amide bonds. The van der Waals surface area contributed by atoms with E-state index in [9.17, 15) is 4.79 Å². The van der Waals surface area contributed by atoms with E-state index in [0.29, 0.717) is 10.6 Å². The molecule has 100 valence electrons. The molecule has 2 nitrogen and oxygen atoms in total. The van der Waals surface area contributed by atoms with Crippen LogP contribution in [0.1, 0.15) is 28.2 Å². The molecule has 0 fully saturated rings. The zero-order valence-electron chi connectivity index (χ0n) is 10.6. The third-order valence-electron chi connectivity index (χ3n) is 3.02. The molecule has 0 aliphatic heterocycles. The van der Waals surface area contributed by atoms with Crippen molar-refractivity contribution in [2.75, 3.05) is 7.05 Å². The van der Waals surface area contributed by atoms with E-state index in [1.165, 1.54) is 4.88 Å². The van der Waals surface area contributed by atoms with Gasteiger partial charge in [-0.2, -0.15) is 0 Å². The minimum Gasteiger partial charge on any atom is -0.334 e. The Kier molecular flexibility index (Phi) is 4.66. The summed E-state index contributed by atoms with van der Waals surface area (Å²) in [6.45, 7) is 2.02. The maximum atomic E-state index is 12.5. The van der Waals surface area contributed by atoms with E-state index >= 15 is 0 Å². The Morgan fingerprint density at radius 2 is 2.16 bits per heavy atom. The van der Waals surface area contributed by atoms with Crippen LogP contribution in [0.25, 0.3) is 0 Å². The van der Waals surface area contributed by atoms with Gasteiger partial charge in [0, 0.05) is 21.4 Å². The summed E-state index contributed by atoms with van der Waals surface area (Å²) >= 11 is 10.9. The fourth-order valence-electron chi connectivity index (χ4n) is 1.75. The quantitative estimate of drug-likeness (QED) is 0.756. The zero-order valence-corrected chi connectivity index (χ0v) is 13.7. The summed E-state index contributed by atoms with van der Waals surface area (Å²) in [6.07, 6.45) is 0. The molecule has 1 atom stereocenters. The van der Waals surface area contributed by atoms with Crippen LogP contribution in [0.3, 0.4) is 0 Å². The first-order chi connectivity index (χ1) is 9.00. The number of thiophene rings is 1. The van der Waals surface area contributed by atoms with Crippen molar-refractivity contribution < 1.29 is 4.79 Å². The van der Waals surface area contributed by atoms with Crippen molar-refractivity contribution in [2.45, 2.75) is 13.0 Å². The Labute approximate surface area is 130 Å². The van der Waals surface area contributed by atoms with Gasteiger partial charge in [-0.05, 0) is 52.5 Å². The number of nitrogens with zero attached hydrogens (tertiary/aromatic N) is 1. The predicted molar refractivity (Wildman–Crippen MR) is 84.0 cm³/mol. The van der Waals surface area contributed by atoms with Crippen LogP contribution in [0.15, 0.2) is 40.2 Å². The molecule has 1 aromatic heterocycles. The van der Waals surface area contributed by atoms with Gasteiger partial charge < -0.3 is 4.90 Å². The summed E-state index contributed by atoms with van der Waals surface area (Å²) in [7, 11) is 1.81. The van der Waals surface area contributed by atoms with Crippen molar-refractivity contribution in [2.24, 2.45) is 0 Å². The summed E-state index contributed by atoms with van der Waals surface area (Å²) in [5.74, 6) is -0.0237. The van der Waals surface area contributed by atoms with E-state index in [1.807, 2.05) is 31.5 Å². The fraction of sp³-hybridized carbons (Fsp3) is 0.214. The van der Waals surface area contributed by atoms with Gasteiger partial charge in [-0.15, -0.1) is 11.3 Å². The number of halogens is 2. The van der Waals surface area contributed by atoms with Crippen LogP contribution in [0.4, 0.5) is 0 Å². The molecular formula is C14H13BrClNOS. The standard InChI is InChI=1S/C14H13BrClNOS/c1-9(13-4-3-7-19-13)17(2)14(18)11-6-5-10(16)8-12(11)15/h3-9H,1-2H3. The molecule has 5 heteroatoms. The second kappa shape index (κ2) is 6.07. The van der Waals surface area contributed by atoms with Crippen LogP contribution in [0.2, 0.25) is 5.02 Å². The molecule has 0 aliphatic rings. The average Bonchev–Trinajstić information content (AvgIpc) is 2.90. The van der Waals surface area contributed by atoms with Gasteiger partial charge in [-0.3, -0.25) is 4.79 Å². The molecule has 0 radical (unpaired) electrons. The fourth-order valence-corrected chi connectivity index (χ4v) is 3.43. The first-order valence-electron chi connectivity index (χ1n) is 5.76. The third kappa shape index (κ3) is 3.19. The SMILES string of the molecule is CC(c1cccs1)N(C)C(=O)c1ccc(Cl)cc1Br. The normalized spacial score (nSPS) is 12.2. The number of carbonyl (C=O) groups excluding carboxylic acids is 1. The number of rotatable bonds is 3. The minimum absolute atomic E-state index is 0.0237. The van der Waals surface area contributed by atoms with Crippen LogP contribution in [0.5, 0.6) is 0 Å². The van der Waals surface area contributed by atoms with E-state index in [1.54, 1.807) is 34.4 Å². The maximum Gasteiger partial charge on any atom is 0.255 e.